The maximum absolute atomic E-state index is 11.1. The molecule has 0 aliphatic carbocycles. The van der Waals surface area contributed by atoms with E-state index in [1.807, 2.05) is 27.9 Å². The van der Waals surface area contributed by atoms with E-state index < -0.39 is 5.97 Å². The Kier molecular flexibility index (Phi) is 7.90. The van der Waals surface area contributed by atoms with Gasteiger partial charge in [0.1, 0.15) is 0 Å². The molecule has 0 aromatic carbocycles. The maximum Gasteiger partial charge on any atom is 0.331 e. The summed E-state index contributed by atoms with van der Waals surface area (Å²) in [6.45, 7) is 5.09. The molecule has 0 bridgehead atoms. The van der Waals surface area contributed by atoms with Crippen molar-refractivity contribution in [1.29, 1.82) is 0 Å². The molecule has 3 nitrogen and oxygen atoms in total. The highest BCUT2D eigenvalue weighted by atomic mass is 16.4. The highest BCUT2D eigenvalue weighted by Crippen LogP contribution is 2.19. The smallest absolute Gasteiger partial charge is 0.331 e. The molecule has 0 aliphatic heterocycles. The molecule has 0 aromatic rings. The van der Waals surface area contributed by atoms with Crippen LogP contribution in [0.5, 0.6) is 0 Å². The summed E-state index contributed by atoms with van der Waals surface area (Å²) in [6.07, 6.45) is 4.40. The van der Waals surface area contributed by atoms with E-state index in [9.17, 15) is 4.79 Å². The van der Waals surface area contributed by atoms with Gasteiger partial charge in [0.15, 0.2) is 0 Å². The summed E-state index contributed by atoms with van der Waals surface area (Å²) in [5.41, 5.74) is 1.76. The number of aliphatic carboxylic acids is 1. The monoisotopic (exact) mass is 227 g/mol. The minimum atomic E-state index is -0.733. The molecule has 0 fully saturated rings. The quantitative estimate of drug-likeness (QED) is 0.648. The van der Waals surface area contributed by atoms with Crippen molar-refractivity contribution in [2.24, 2.45) is 0 Å². The molecule has 0 aliphatic rings. The molecule has 0 heterocycles. The Hall–Kier alpha value is -0.830. The number of nitrogens with zero attached hydrogens (tertiary/aromatic N) is 1. The zero-order valence-electron chi connectivity index (χ0n) is 11.0. The fourth-order valence-electron chi connectivity index (χ4n) is 1.83. The Morgan fingerprint density at radius 3 is 2.19 bits per heavy atom. The summed E-state index contributed by atoms with van der Waals surface area (Å²) >= 11 is 0. The van der Waals surface area contributed by atoms with Gasteiger partial charge in [-0.15, -0.1) is 0 Å². The second kappa shape index (κ2) is 8.34. The summed E-state index contributed by atoms with van der Waals surface area (Å²) in [7, 11) is 4.08. The van der Waals surface area contributed by atoms with Crippen molar-refractivity contribution in [3.05, 3.63) is 11.1 Å². The van der Waals surface area contributed by atoms with Crippen LogP contribution in [-0.2, 0) is 4.79 Å². The Balaban J connectivity index is 4.49. The van der Waals surface area contributed by atoms with E-state index >= 15 is 0 Å². The van der Waals surface area contributed by atoms with Gasteiger partial charge in [-0.3, -0.25) is 0 Å². The van der Waals surface area contributed by atoms with E-state index in [2.05, 4.69) is 4.90 Å². The van der Waals surface area contributed by atoms with Crippen molar-refractivity contribution in [2.75, 3.05) is 20.6 Å². The van der Waals surface area contributed by atoms with Crippen LogP contribution in [0.2, 0.25) is 0 Å². The van der Waals surface area contributed by atoms with E-state index in [0.29, 0.717) is 12.0 Å². The minimum absolute atomic E-state index is 0.642. The number of hydrogen-bond donors (Lipinski definition) is 1. The lowest BCUT2D eigenvalue weighted by Gasteiger charge is -2.13. The van der Waals surface area contributed by atoms with Crippen LogP contribution < -0.4 is 0 Å². The summed E-state index contributed by atoms with van der Waals surface area (Å²) in [4.78, 5) is 13.3. The Labute approximate surface area is 99.1 Å². The average Bonchev–Trinajstić information content (AvgIpc) is 2.21. The van der Waals surface area contributed by atoms with Crippen LogP contribution in [-0.4, -0.2) is 36.6 Å². The van der Waals surface area contributed by atoms with Gasteiger partial charge in [0.05, 0.1) is 0 Å². The molecule has 0 radical (unpaired) electrons. The van der Waals surface area contributed by atoms with Gasteiger partial charge < -0.3 is 10.0 Å². The van der Waals surface area contributed by atoms with Crippen molar-refractivity contribution in [1.82, 2.24) is 4.90 Å². The van der Waals surface area contributed by atoms with Crippen LogP contribution in [0.1, 0.15) is 46.0 Å². The zero-order chi connectivity index (χ0) is 12.6. The van der Waals surface area contributed by atoms with Crippen LogP contribution in [0.15, 0.2) is 11.1 Å². The Morgan fingerprint density at radius 1 is 1.19 bits per heavy atom. The van der Waals surface area contributed by atoms with Gasteiger partial charge in [-0.2, -0.15) is 0 Å². The summed E-state index contributed by atoms with van der Waals surface area (Å²) in [5, 5.41) is 9.15. The topological polar surface area (TPSA) is 40.5 Å². The summed E-state index contributed by atoms with van der Waals surface area (Å²) < 4.78 is 0. The van der Waals surface area contributed by atoms with Gasteiger partial charge in [-0.1, -0.05) is 25.8 Å². The van der Waals surface area contributed by atoms with Crippen LogP contribution in [0.3, 0.4) is 0 Å². The van der Waals surface area contributed by atoms with E-state index in [4.69, 9.17) is 5.11 Å². The van der Waals surface area contributed by atoms with E-state index in [1.54, 1.807) is 0 Å². The first-order valence-electron chi connectivity index (χ1n) is 6.11. The third-order valence-electron chi connectivity index (χ3n) is 2.70. The third-order valence-corrected chi connectivity index (χ3v) is 2.70. The highest BCUT2D eigenvalue weighted by molar-refractivity contribution is 5.87. The molecule has 0 spiro atoms. The molecule has 1 N–H and O–H groups in total. The minimum Gasteiger partial charge on any atom is -0.478 e. The predicted molar refractivity (Wildman–Crippen MR) is 67.6 cm³/mol. The normalized spacial score (nSPS) is 12.8. The molecule has 0 amide bonds. The number of hydrogen-bond acceptors (Lipinski definition) is 2. The van der Waals surface area contributed by atoms with E-state index in [0.717, 1.165) is 37.8 Å². The van der Waals surface area contributed by atoms with Gasteiger partial charge in [-0.25, -0.2) is 4.79 Å². The Bertz CT molecular complexity index is 244. The SMILES string of the molecule is CCCC(C(=O)O)=C(CC)CCCN(C)C. The molecular weight excluding hydrogens is 202 g/mol. The van der Waals surface area contributed by atoms with Gasteiger partial charge >= 0.3 is 5.97 Å². The molecule has 3 heteroatoms. The highest BCUT2D eigenvalue weighted by Gasteiger charge is 2.11. The lowest BCUT2D eigenvalue weighted by molar-refractivity contribution is -0.132. The molecule has 0 atom stereocenters. The number of allylic oxidation sites excluding steroid dienone is 1. The van der Waals surface area contributed by atoms with Crippen molar-refractivity contribution in [2.45, 2.75) is 46.0 Å². The lowest BCUT2D eigenvalue weighted by atomic mass is 9.97. The molecule has 0 saturated carbocycles. The second-order valence-corrected chi connectivity index (χ2v) is 4.40. The number of carbonyl (C=O) groups is 1. The first-order valence-corrected chi connectivity index (χ1v) is 6.11. The molecule has 94 valence electrons. The average molecular weight is 227 g/mol. The zero-order valence-corrected chi connectivity index (χ0v) is 11.0. The molecule has 0 saturated heterocycles. The van der Waals surface area contributed by atoms with Crippen LogP contribution >= 0.6 is 0 Å². The first-order chi connectivity index (χ1) is 7.52. The van der Waals surface area contributed by atoms with Gasteiger partial charge in [0, 0.05) is 5.57 Å². The second-order valence-electron chi connectivity index (χ2n) is 4.40. The number of carboxylic acids is 1. The van der Waals surface area contributed by atoms with Crippen LogP contribution in [0.4, 0.5) is 0 Å². The standard InChI is InChI=1S/C13H25NO2/c1-5-8-12(13(15)16)11(6-2)9-7-10-14(3)4/h5-10H2,1-4H3,(H,15,16). The van der Waals surface area contributed by atoms with Crippen LogP contribution in [0, 0.1) is 0 Å². The summed E-state index contributed by atoms with van der Waals surface area (Å²) in [6, 6.07) is 0. The number of carboxylic acid groups (broad SMARTS) is 1. The van der Waals surface area contributed by atoms with E-state index in [-0.39, 0.29) is 0 Å². The molecule has 16 heavy (non-hydrogen) atoms. The van der Waals surface area contributed by atoms with Gasteiger partial charge in [0.2, 0.25) is 0 Å². The van der Waals surface area contributed by atoms with Crippen molar-refractivity contribution in [3.8, 4) is 0 Å². The van der Waals surface area contributed by atoms with Crippen molar-refractivity contribution in [3.63, 3.8) is 0 Å². The van der Waals surface area contributed by atoms with Gasteiger partial charge in [-0.05, 0) is 46.3 Å². The lowest BCUT2D eigenvalue weighted by Crippen LogP contribution is -2.13. The third kappa shape index (κ3) is 5.91. The first kappa shape index (κ1) is 15.2. The summed E-state index contributed by atoms with van der Waals surface area (Å²) in [5.74, 6) is -0.733. The fraction of sp³-hybridized carbons (Fsp3) is 0.769. The number of rotatable bonds is 8. The maximum atomic E-state index is 11.1. The van der Waals surface area contributed by atoms with Crippen molar-refractivity contribution >= 4 is 5.97 Å². The van der Waals surface area contributed by atoms with Crippen LogP contribution in [0.25, 0.3) is 0 Å². The van der Waals surface area contributed by atoms with Crippen molar-refractivity contribution < 1.29 is 9.90 Å². The largest absolute Gasteiger partial charge is 0.478 e. The fourth-order valence-corrected chi connectivity index (χ4v) is 1.83. The van der Waals surface area contributed by atoms with Gasteiger partial charge in [0.25, 0.3) is 0 Å². The predicted octanol–water partition coefficient (Wildman–Crippen LogP) is 2.92. The molecule has 0 rings (SSSR count). The molecular formula is C13H25NO2. The molecule has 0 unspecified atom stereocenters. The Morgan fingerprint density at radius 2 is 1.81 bits per heavy atom. The molecule has 0 aromatic heterocycles. The van der Waals surface area contributed by atoms with E-state index in [1.165, 1.54) is 0 Å².